The molecule has 1 N–H and O–H groups in total. The summed E-state index contributed by atoms with van der Waals surface area (Å²) in [7, 11) is 1.94. The summed E-state index contributed by atoms with van der Waals surface area (Å²) < 4.78 is 9.78. The highest BCUT2D eigenvalue weighted by Crippen LogP contribution is 2.31. The maximum absolute atomic E-state index is 9.75. The predicted molar refractivity (Wildman–Crippen MR) is 119 cm³/mol. The second-order valence-corrected chi connectivity index (χ2v) is 8.85. The van der Waals surface area contributed by atoms with Gasteiger partial charge in [-0.3, -0.25) is 4.68 Å². The Morgan fingerprint density at radius 2 is 1.80 bits per heavy atom. The average Bonchev–Trinajstić information content (AvgIpc) is 3.27. The summed E-state index contributed by atoms with van der Waals surface area (Å²) in [6.45, 7) is 8.96. The summed E-state index contributed by atoms with van der Waals surface area (Å²) in [4.78, 5) is 0. The van der Waals surface area contributed by atoms with E-state index < -0.39 is 0 Å². The third-order valence-corrected chi connectivity index (χ3v) is 4.98. The van der Waals surface area contributed by atoms with Crippen LogP contribution in [0.5, 0.6) is 5.75 Å². The number of rotatable bonds is 5. The van der Waals surface area contributed by atoms with Crippen molar-refractivity contribution < 1.29 is 9.84 Å². The number of para-hydroxylation sites is 1. The maximum atomic E-state index is 9.75. The van der Waals surface area contributed by atoms with E-state index >= 15 is 0 Å². The molecule has 0 fully saturated rings. The van der Waals surface area contributed by atoms with Crippen molar-refractivity contribution in [2.24, 2.45) is 12.5 Å². The fraction of sp³-hybridized carbons (Fsp3) is 0.333. The fourth-order valence-corrected chi connectivity index (χ4v) is 3.60. The van der Waals surface area contributed by atoms with Crippen LogP contribution in [0.15, 0.2) is 48.5 Å². The smallest absolute Gasteiger partial charge is 0.119 e. The van der Waals surface area contributed by atoms with Crippen molar-refractivity contribution in [3.63, 3.8) is 0 Å². The van der Waals surface area contributed by atoms with E-state index in [-0.39, 0.29) is 12.0 Å². The van der Waals surface area contributed by atoms with Crippen LogP contribution in [0.4, 0.5) is 0 Å². The van der Waals surface area contributed by atoms with Crippen LogP contribution >= 0.6 is 0 Å². The van der Waals surface area contributed by atoms with Gasteiger partial charge in [0.25, 0.3) is 0 Å². The van der Waals surface area contributed by atoms with Gasteiger partial charge in [0.15, 0.2) is 0 Å². The summed E-state index contributed by atoms with van der Waals surface area (Å²) in [5, 5.41) is 20.1. The number of aromatic nitrogens is 4. The first-order valence-electron chi connectivity index (χ1n) is 10.1. The lowest BCUT2D eigenvalue weighted by molar-refractivity contribution is 0.198. The van der Waals surface area contributed by atoms with Gasteiger partial charge in [-0.2, -0.15) is 10.2 Å². The lowest BCUT2D eigenvalue weighted by atomic mass is 9.99. The molecule has 0 aliphatic carbocycles. The van der Waals surface area contributed by atoms with Gasteiger partial charge in [-0.05, 0) is 36.6 Å². The number of nitrogens with zero attached hydrogens (tertiary/aromatic N) is 4. The molecular formula is C24H28N4O2. The molecule has 0 radical (unpaired) electrons. The van der Waals surface area contributed by atoms with Crippen molar-refractivity contribution in [1.29, 1.82) is 0 Å². The second-order valence-electron chi connectivity index (χ2n) is 8.85. The van der Waals surface area contributed by atoms with Crippen molar-refractivity contribution in [2.45, 2.75) is 34.3 Å². The second kappa shape index (κ2) is 7.61. The Kier molecular flexibility index (Phi) is 5.12. The Morgan fingerprint density at radius 1 is 1.03 bits per heavy atom. The highest BCUT2D eigenvalue weighted by Gasteiger charge is 2.17. The highest BCUT2D eigenvalue weighted by molar-refractivity contribution is 5.89. The van der Waals surface area contributed by atoms with E-state index in [2.05, 4.69) is 37.0 Å². The summed E-state index contributed by atoms with van der Waals surface area (Å²) in [6, 6.07) is 16.0. The van der Waals surface area contributed by atoms with E-state index in [0.717, 1.165) is 39.3 Å². The highest BCUT2D eigenvalue weighted by atomic mass is 16.5. The van der Waals surface area contributed by atoms with Gasteiger partial charge in [-0.1, -0.05) is 45.0 Å². The summed E-state index contributed by atoms with van der Waals surface area (Å²) in [5.74, 6) is 0.815. The molecule has 0 saturated heterocycles. The lowest BCUT2D eigenvalue weighted by Crippen LogP contribution is -2.16. The van der Waals surface area contributed by atoms with Gasteiger partial charge in [0, 0.05) is 18.0 Å². The topological polar surface area (TPSA) is 65.1 Å². The predicted octanol–water partition coefficient (Wildman–Crippen LogP) is 4.65. The molecule has 4 rings (SSSR count). The third kappa shape index (κ3) is 3.83. The monoisotopic (exact) mass is 404 g/mol. The normalized spacial score (nSPS) is 11.9. The molecule has 6 nitrogen and oxygen atoms in total. The quantitative estimate of drug-likeness (QED) is 0.526. The molecule has 4 aromatic rings. The van der Waals surface area contributed by atoms with Gasteiger partial charge in [0.1, 0.15) is 5.75 Å². The van der Waals surface area contributed by atoms with Crippen LogP contribution in [0.2, 0.25) is 0 Å². The molecule has 6 heteroatoms. The standard InChI is InChI=1S/C24H28N4O2/c1-16-20-10-7-11-21(23(20)27(5)25-16)28-22(13-18(14-29)26-28)17-8-6-9-19(12-17)30-15-24(2,3)4/h6-13,29H,14-15H2,1-5H3. The molecule has 156 valence electrons. The Bertz CT molecular complexity index is 1200. The molecule has 0 saturated carbocycles. The zero-order valence-electron chi connectivity index (χ0n) is 18.2. The molecule has 0 spiro atoms. The van der Waals surface area contributed by atoms with Crippen LogP contribution in [0.25, 0.3) is 27.8 Å². The van der Waals surface area contributed by atoms with Crippen molar-refractivity contribution >= 4 is 10.9 Å². The van der Waals surface area contributed by atoms with Gasteiger partial charge in [-0.15, -0.1) is 0 Å². The van der Waals surface area contributed by atoms with Crippen molar-refractivity contribution in [1.82, 2.24) is 19.6 Å². The first-order valence-corrected chi connectivity index (χ1v) is 10.1. The molecule has 0 unspecified atom stereocenters. The summed E-state index contributed by atoms with van der Waals surface area (Å²) >= 11 is 0. The SMILES string of the molecule is Cc1nn(C)c2c(-n3nc(CO)cc3-c3cccc(OCC(C)(C)C)c3)cccc12. The number of aryl methyl sites for hydroxylation is 2. The summed E-state index contributed by atoms with van der Waals surface area (Å²) in [6.07, 6.45) is 0. The molecule has 0 amide bonds. The first-order chi connectivity index (χ1) is 14.3. The zero-order chi connectivity index (χ0) is 21.5. The molecule has 2 heterocycles. The van der Waals surface area contributed by atoms with Crippen LogP contribution in [0, 0.1) is 12.3 Å². The van der Waals surface area contributed by atoms with Crippen LogP contribution in [-0.2, 0) is 13.7 Å². The molecule has 30 heavy (non-hydrogen) atoms. The Morgan fingerprint density at radius 3 is 2.53 bits per heavy atom. The Hall–Kier alpha value is -3.12. The van der Waals surface area contributed by atoms with Gasteiger partial charge < -0.3 is 9.84 Å². The largest absolute Gasteiger partial charge is 0.493 e. The maximum Gasteiger partial charge on any atom is 0.119 e. The Labute approximate surface area is 176 Å². The molecule has 2 aromatic carbocycles. The van der Waals surface area contributed by atoms with E-state index in [1.807, 2.05) is 65.8 Å². The Balaban J connectivity index is 1.84. The number of aliphatic hydroxyl groups is 1. The molecule has 0 aliphatic heterocycles. The van der Waals surface area contributed by atoms with Gasteiger partial charge in [0.2, 0.25) is 0 Å². The molecule has 0 bridgehead atoms. The van der Waals surface area contributed by atoms with Crippen molar-refractivity contribution in [3.8, 4) is 22.7 Å². The minimum absolute atomic E-state index is 0.0782. The molecule has 2 aromatic heterocycles. The van der Waals surface area contributed by atoms with Crippen molar-refractivity contribution in [3.05, 3.63) is 59.9 Å². The third-order valence-electron chi connectivity index (χ3n) is 4.98. The molecule has 0 atom stereocenters. The van der Waals surface area contributed by atoms with Crippen molar-refractivity contribution in [2.75, 3.05) is 6.61 Å². The lowest BCUT2D eigenvalue weighted by Gasteiger charge is -2.19. The van der Waals surface area contributed by atoms with Gasteiger partial charge in [0.05, 0.1) is 41.5 Å². The summed E-state index contributed by atoms with van der Waals surface area (Å²) in [5.41, 5.74) is 5.46. The van der Waals surface area contributed by atoms with E-state index in [9.17, 15) is 5.11 Å². The fourth-order valence-electron chi connectivity index (χ4n) is 3.60. The van der Waals surface area contributed by atoms with E-state index in [4.69, 9.17) is 4.74 Å². The molecular weight excluding hydrogens is 376 g/mol. The number of hydrogen-bond donors (Lipinski definition) is 1. The van der Waals surface area contributed by atoms with E-state index in [0.29, 0.717) is 12.3 Å². The van der Waals surface area contributed by atoms with Crippen LogP contribution in [-0.4, -0.2) is 31.3 Å². The number of fused-ring (bicyclic) bond motifs is 1. The number of aliphatic hydroxyl groups excluding tert-OH is 1. The van der Waals surface area contributed by atoms with Crippen LogP contribution < -0.4 is 4.74 Å². The molecule has 0 aliphatic rings. The van der Waals surface area contributed by atoms with Gasteiger partial charge in [-0.25, -0.2) is 4.68 Å². The van der Waals surface area contributed by atoms with E-state index in [1.165, 1.54) is 0 Å². The van der Waals surface area contributed by atoms with E-state index in [1.54, 1.807) is 0 Å². The minimum atomic E-state index is -0.124. The first kappa shape index (κ1) is 20.2. The average molecular weight is 405 g/mol. The number of benzene rings is 2. The number of hydrogen-bond acceptors (Lipinski definition) is 4. The van der Waals surface area contributed by atoms with Crippen LogP contribution in [0.1, 0.15) is 32.2 Å². The van der Waals surface area contributed by atoms with Gasteiger partial charge >= 0.3 is 0 Å². The minimum Gasteiger partial charge on any atom is -0.493 e. The van der Waals surface area contributed by atoms with Crippen LogP contribution in [0.3, 0.4) is 0 Å². The zero-order valence-corrected chi connectivity index (χ0v) is 18.2. The number of ether oxygens (including phenoxy) is 1.